The number of nitrogen functional groups attached to an aromatic ring is 1. The molecular formula is C12H18BrFN2O3S. The lowest BCUT2D eigenvalue weighted by molar-refractivity contribution is 0.233. The number of rotatable bonds is 6. The van der Waals surface area contributed by atoms with Gasteiger partial charge < -0.3 is 10.8 Å². The standard InChI is InChI=1S/C12H18BrFN2O3S/c1-3-12(2,4-5-17)16-20(18,19)10-7-8(15)6-9(13)11(10)14/h6-7,16-17H,3-5,15H2,1-2H3. The molecule has 8 heteroatoms. The molecule has 0 aromatic heterocycles. The van der Waals surface area contributed by atoms with Gasteiger partial charge in [-0.3, -0.25) is 0 Å². The number of hydrogen-bond acceptors (Lipinski definition) is 4. The molecule has 5 nitrogen and oxygen atoms in total. The molecule has 1 aromatic carbocycles. The van der Waals surface area contributed by atoms with Gasteiger partial charge in [0.15, 0.2) is 5.82 Å². The Morgan fingerprint density at radius 2 is 2.10 bits per heavy atom. The van der Waals surface area contributed by atoms with Crippen LogP contribution >= 0.6 is 15.9 Å². The summed E-state index contributed by atoms with van der Waals surface area (Å²) in [4.78, 5) is -0.512. The Bertz CT molecular complexity index is 595. The van der Waals surface area contributed by atoms with Crippen molar-refractivity contribution in [3.05, 3.63) is 22.4 Å². The highest BCUT2D eigenvalue weighted by molar-refractivity contribution is 9.10. The third-order valence-corrected chi connectivity index (χ3v) is 5.35. The number of halogens is 2. The third-order valence-electron chi connectivity index (χ3n) is 3.13. The highest BCUT2D eigenvalue weighted by Gasteiger charge is 2.31. The van der Waals surface area contributed by atoms with Crippen LogP contribution in [-0.4, -0.2) is 25.7 Å². The van der Waals surface area contributed by atoms with Crippen LogP contribution in [0.1, 0.15) is 26.7 Å². The van der Waals surface area contributed by atoms with Gasteiger partial charge in [0.2, 0.25) is 10.0 Å². The zero-order chi connectivity index (χ0) is 15.6. The van der Waals surface area contributed by atoms with E-state index in [2.05, 4.69) is 20.7 Å². The molecule has 0 aliphatic carbocycles. The van der Waals surface area contributed by atoms with E-state index in [4.69, 9.17) is 10.8 Å². The van der Waals surface area contributed by atoms with E-state index in [1.54, 1.807) is 13.8 Å². The van der Waals surface area contributed by atoms with Crippen LogP contribution in [0.3, 0.4) is 0 Å². The summed E-state index contributed by atoms with van der Waals surface area (Å²) < 4.78 is 41.0. The summed E-state index contributed by atoms with van der Waals surface area (Å²) in [5, 5.41) is 9.01. The van der Waals surface area contributed by atoms with Gasteiger partial charge in [0.05, 0.1) is 4.47 Å². The van der Waals surface area contributed by atoms with Crippen LogP contribution in [0.2, 0.25) is 0 Å². The molecule has 0 heterocycles. The van der Waals surface area contributed by atoms with E-state index in [9.17, 15) is 12.8 Å². The smallest absolute Gasteiger partial charge is 0.244 e. The SMILES string of the molecule is CCC(C)(CCO)NS(=O)(=O)c1cc(N)cc(Br)c1F. The average Bonchev–Trinajstić information content (AvgIpc) is 2.33. The third kappa shape index (κ3) is 3.91. The second-order valence-electron chi connectivity index (χ2n) is 4.81. The topological polar surface area (TPSA) is 92.4 Å². The highest BCUT2D eigenvalue weighted by Crippen LogP contribution is 2.27. The number of nitrogens with two attached hydrogens (primary N) is 1. The number of aliphatic hydroxyl groups excluding tert-OH is 1. The van der Waals surface area contributed by atoms with E-state index in [1.807, 2.05) is 0 Å². The van der Waals surface area contributed by atoms with Crippen LogP contribution in [0.5, 0.6) is 0 Å². The summed E-state index contributed by atoms with van der Waals surface area (Å²) in [6, 6.07) is 2.36. The first kappa shape index (κ1) is 17.4. The normalized spacial score (nSPS) is 15.1. The fourth-order valence-corrected chi connectivity index (χ4v) is 3.96. The minimum absolute atomic E-state index is 0.0155. The van der Waals surface area contributed by atoms with Crippen LogP contribution in [0.25, 0.3) is 0 Å². The molecule has 114 valence electrons. The Morgan fingerprint density at radius 1 is 1.50 bits per heavy atom. The largest absolute Gasteiger partial charge is 0.399 e. The molecule has 20 heavy (non-hydrogen) atoms. The Hall–Kier alpha value is -0.700. The molecule has 0 aliphatic rings. The van der Waals surface area contributed by atoms with E-state index in [0.717, 1.165) is 6.07 Å². The van der Waals surface area contributed by atoms with Crippen LogP contribution in [0.15, 0.2) is 21.5 Å². The molecule has 1 atom stereocenters. The second-order valence-corrected chi connectivity index (χ2v) is 7.31. The molecule has 0 aliphatic heterocycles. The van der Waals surface area contributed by atoms with Gasteiger partial charge in [-0.25, -0.2) is 17.5 Å². The molecule has 0 fully saturated rings. The van der Waals surface area contributed by atoms with Gasteiger partial charge in [-0.05, 0) is 47.8 Å². The molecule has 0 saturated carbocycles. The quantitative estimate of drug-likeness (QED) is 0.669. The predicted octanol–water partition coefficient (Wildman–Crippen LogP) is 2.00. The lowest BCUT2D eigenvalue weighted by Crippen LogP contribution is -2.46. The summed E-state index contributed by atoms with van der Waals surface area (Å²) in [7, 11) is -4.07. The summed E-state index contributed by atoms with van der Waals surface area (Å²) >= 11 is 2.93. The van der Waals surface area contributed by atoms with Crippen molar-refractivity contribution < 1.29 is 17.9 Å². The number of hydrogen-bond donors (Lipinski definition) is 3. The van der Waals surface area contributed by atoms with Crippen molar-refractivity contribution in [1.82, 2.24) is 4.72 Å². The van der Waals surface area contributed by atoms with Gasteiger partial charge in [-0.2, -0.15) is 0 Å². The Morgan fingerprint density at radius 3 is 2.60 bits per heavy atom. The van der Waals surface area contributed by atoms with Gasteiger partial charge in [0.25, 0.3) is 0 Å². The van der Waals surface area contributed by atoms with E-state index >= 15 is 0 Å². The van der Waals surface area contributed by atoms with E-state index in [-0.39, 0.29) is 23.2 Å². The maximum atomic E-state index is 14.0. The predicted molar refractivity (Wildman–Crippen MR) is 79.2 cm³/mol. The number of aliphatic hydroxyl groups is 1. The van der Waals surface area contributed by atoms with Gasteiger partial charge in [-0.1, -0.05) is 6.92 Å². The second kappa shape index (κ2) is 6.38. The number of anilines is 1. The van der Waals surface area contributed by atoms with Gasteiger partial charge >= 0.3 is 0 Å². The van der Waals surface area contributed by atoms with Gasteiger partial charge in [0.1, 0.15) is 4.90 Å². The van der Waals surface area contributed by atoms with Crippen LogP contribution in [0.4, 0.5) is 10.1 Å². The van der Waals surface area contributed by atoms with Gasteiger partial charge in [-0.15, -0.1) is 0 Å². The molecule has 0 amide bonds. The molecular weight excluding hydrogens is 351 g/mol. The molecule has 0 bridgehead atoms. The van der Waals surface area contributed by atoms with Crippen molar-refractivity contribution in [2.24, 2.45) is 0 Å². The summed E-state index contributed by atoms with van der Waals surface area (Å²) in [5.74, 6) is -0.894. The monoisotopic (exact) mass is 368 g/mol. The minimum Gasteiger partial charge on any atom is -0.399 e. The Kier molecular flexibility index (Phi) is 5.54. The van der Waals surface area contributed by atoms with Crippen LogP contribution in [0, 0.1) is 5.82 Å². The zero-order valence-corrected chi connectivity index (χ0v) is 13.7. The van der Waals surface area contributed by atoms with E-state index < -0.39 is 26.3 Å². The highest BCUT2D eigenvalue weighted by atomic mass is 79.9. The zero-order valence-electron chi connectivity index (χ0n) is 11.3. The molecule has 1 unspecified atom stereocenters. The van der Waals surface area contributed by atoms with E-state index in [1.165, 1.54) is 6.07 Å². The maximum Gasteiger partial charge on any atom is 0.244 e. The van der Waals surface area contributed by atoms with Crippen molar-refractivity contribution in [2.75, 3.05) is 12.3 Å². The number of benzene rings is 1. The molecule has 1 aromatic rings. The summed E-state index contributed by atoms with van der Waals surface area (Å²) in [6.45, 7) is 3.26. The first-order valence-corrected chi connectivity index (χ1v) is 8.32. The fourth-order valence-electron chi connectivity index (χ4n) is 1.71. The lowest BCUT2D eigenvalue weighted by atomic mass is 9.97. The van der Waals surface area contributed by atoms with Crippen molar-refractivity contribution in [2.45, 2.75) is 37.1 Å². The molecule has 0 saturated heterocycles. The molecule has 0 spiro atoms. The van der Waals surface area contributed by atoms with Crippen molar-refractivity contribution in [3.63, 3.8) is 0 Å². The lowest BCUT2D eigenvalue weighted by Gasteiger charge is -2.28. The molecule has 4 N–H and O–H groups in total. The number of nitrogens with one attached hydrogen (secondary N) is 1. The number of sulfonamides is 1. The van der Waals surface area contributed by atoms with Crippen molar-refractivity contribution >= 4 is 31.6 Å². The minimum atomic E-state index is -4.07. The van der Waals surface area contributed by atoms with E-state index in [0.29, 0.717) is 6.42 Å². The Labute approximate surface area is 126 Å². The molecule has 0 radical (unpaired) electrons. The summed E-state index contributed by atoms with van der Waals surface area (Å²) in [5.41, 5.74) is 4.84. The van der Waals surface area contributed by atoms with Crippen LogP contribution in [-0.2, 0) is 10.0 Å². The fraction of sp³-hybridized carbons (Fsp3) is 0.500. The first-order chi connectivity index (χ1) is 9.15. The van der Waals surface area contributed by atoms with Crippen LogP contribution < -0.4 is 10.5 Å². The van der Waals surface area contributed by atoms with Crippen molar-refractivity contribution in [1.29, 1.82) is 0 Å². The first-order valence-electron chi connectivity index (χ1n) is 6.04. The summed E-state index contributed by atoms with van der Waals surface area (Å²) in [6.07, 6.45) is 0.686. The Balaban J connectivity index is 3.24. The van der Waals surface area contributed by atoms with Gasteiger partial charge in [0, 0.05) is 17.8 Å². The maximum absolute atomic E-state index is 14.0. The molecule has 1 rings (SSSR count). The average molecular weight is 369 g/mol. The van der Waals surface area contributed by atoms with Crippen molar-refractivity contribution in [3.8, 4) is 0 Å².